The predicted octanol–water partition coefficient (Wildman–Crippen LogP) is 5.20. The number of hydrogen-bond donors (Lipinski definition) is 1. The molecule has 1 N–H and O–H groups in total. The van der Waals surface area contributed by atoms with Gasteiger partial charge in [-0.25, -0.2) is 5.43 Å². The van der Waals surface area contributed by atoms with Gasteiger partial charge in [0.1, 0.15) is 0 Å². The largest absolute Gasteiger partial charge is 0.271 e. The first-order valence-corrected chi connectivity index (χ1v) is 9.16. The monoisotopic (exact) mass is 334 g/mol. The van der Waals surface area contributed by atoms with E-state index in [-0.39, 0.29) is 5.91 Å². The van der Waals surface area contributed by atoms with Gasteiger partial charge in [-0.3, -0.25) is 4.79 Å². The maximum absolute atomic E-state index is 12.2. The number of carbonyl (C=O) groups excluding carboxylic acids is 1. The fourth-order valence-corrected chi connectivity index (χ4v) is 3.52. The Morgan fingerprint density at radius 1 is 1.00 bits per heavy atom. The number of carbonyl (C=O) groups is 1. The highest BCUT2D eigenvalue weighted by molar-refractivity contribution is 6.01. The van der Waals surface area contributed by atoms with Crippen LogP contribution in [-0.4, -0.2) is 11.6 Å². The van der Waals surface area contributed by atoms with Gasteiger partial charge >= 0.3 is 0 Å². The smallest absolute Gasteiger partial charge is 0.267 e. The topological polar surface area (TPSA) is 41.5 Å². The molecule has 0 radical (unpaired) electrons. The van der Waals surface area contributed by atoms with E-state index >= 15 is 0 Å². The normalized spacial score (nSPS) is 15.8. The maximum Gasteiger partial charge on any atom is 0.271 e. The van der Waals surface area contributed by atoms with Crippen LogP contribution in [0.25, 0.3) is 0 Å². The molecular weight excluding hydrogens is 308 g/mol. The lowest BCUT2D eigenvalue weighted by molar-refractivity contribution is 0.0954. The van der Waals surface area contributed by atoms with Crippen molar-refractivity contribution in [3.63, 3.8) is 0 Å². The van der Waals surface area contributed by atoms with E-state index in [4.69, 9.17) is 0 Å². The minimum absolute atomic E-state index is 0.170. The quantitative estimate of drug-likeness (QED) is 0.606. The molecule has 1 aliphatic rings. The molecule has 3 nitrogen and oxygen atoms in total. The van der Waals surface area contributed by atoms with E-state index in [1.807, 2.05) is 38.1 Å². The van der Waals surface area contributed by atoms with Crippen LogP contribution in [0.2, 0.25) is 0 Å². The zero-order valence-corrected chi connectivity index (χ0v) is 15.1. The number of rotatable bonds is 4. The number of hydrazone groups is 1. The van der Waals surface area contributed by atoms with Gasteiger partial charge in [-0.2, -0.15) is 5.10 Å². The Labute approximate surface area is 150 Å². The van der Waals surface area contributed by atoms with Crippen LogP contribution in [-0.2, 0) is 0 Å². The third-order valence-corrected chi connectivity index (χ3v) is 5.12. The molecule has 0 spiro atoms. The summed E-state index contributed by atoms with van der Waals surface area (Å²) in [5.41, 5.74) is 7.57. The Morgan fingerprint density at radius 2 is 1.68 bits per heavy atom. The number of hydrogen-bond acceptors (Lipinski definition) is 2. The Bertz CT molecular complexity index is 756. The van der Waals surface area contributed by atoms with Gasteiger partial charge in [0.15, 0.2) is 0 Å². The number of benzene rings is 2. The van der Waals surface area contributed by atoms with Crippen LogP contribution in [0.4, 0.5) is 0 Å². The Balaban J connectivity index is 1.66. The molecule has 1 aliphatic carbocycles. The molecule has 1 amide bonds. The van der Waals surface area contributed by atoms with Gasteiger partial charge in [-0.15, -0.1) is 0 Å². The second kappa shape index (κ2) is 8.11. The summed E-state index contributed by atoms with van der Waals surface area (Å²) in [7, 11) is 0. The molecule has 0 bridgehead atoms. The van der Waals surface area contributed by atoms with Gasteiger partial charge in [0.05, 0.1) is 5.71 Å². The highest BCUT2D eigenvalue weighted by atomic mass is 16.2. The molecule has 2 aromatic rings. The molecule has 0 aliphatic heterocycles. The minimum atomic E-state index is -0.170. The summed E-state index contributed by atoms with van der Waals surface area (Å²) in [5.74, 6) is 0.539. The van der Waals surface area contributed by atoms with Crippen molar-refractivity contribution in [1.82, 2.24) is 5.43 Å². The lowest BCUT2D eigenvalue weighted by atomic mass is 9.84. The average molecular weight is 334 g/mol. The van der Waals surface area contributed by atoms with Gasteiger partial charge in [-0.05, 0) is 55.4 Å². The molecule has 1 saturated carbocycles. The molecule has 0 unspecified atom stereocenters. The first-order valence-electron chi connectivity index (χ1n) is 9.16. The second-order valence-electron chi connectivity index (χ2n) is 6.91. The van der Waals surface area contributed by atoms with Crippen LogP contribution in [0.15, 0.2) is 53.6 Å². The highest BCUT2D eigenvalue weighted by Crippen LogP contribution is 2.32. The second-order valence-corrected chi connectivity index (χ2v) is 6.91. The van der Waals surface area contributed by atoms with Crippen LogP contribution in [0.3, 0.4) is 0 Å². The Kier molecular flexibility index (Phi) is 5.64. The fraction of sp³-hybridized carbons (Fsp3) is 0.364. The van der Waals surface area contributed by atoms with Crippen LogP contribution in [0, 0.1) is 6.92 Å². The fourth-order valence-electron chi connectivity index (χ4n) is 3.52. The number of nitrogens with one attached hydrogen (secondary N) is 1. The van der Waals surface area contributed by atoms with Crippen LogP contribution < -0.4 is 5.43 Å². The summed E-state index contributed by atoms with van der Waals surface area (Å²) in [6.07, 6.45) is 6.68. The van der Waals surface area contributed by atoms with Crippen molar-refractivity contribution in [2.45, 2.75) is 51.9 Å². The van der Waals surface area contributed by atoms with Crippen LogP contribution >= 0.6 is 0 Å². The van der Waals surface area contributed by atoms with Gasteiger partial charge in [0, 0.05) is 5.56 Å². The third-order valence-electron chi connectivity index (χ3n) is 5.12. The van der Waals surface area contributed by atoms with E-state index in [1.54, 1.807) is 0 Å². The van der Waals surface area contributed by atoms with E-state index in [9.17, 15) is 4.79 Å². The van der Waals surface area contributed by atoms with Crippen molar-refractivity contribution in [3.8, 4) is 0 Å². The molecule has 130 valence electrons. The van der Waals surface area contributed by atoms with Crippen molar-refractivity contribution in [2.24, 2.45) is 5.10 Å². The van der Waals surface area contributed by atoms with Crippen LogP contribution in [0.1, 0.15) is 72.0 Å². The van der Waals surface area contributed by atoms with Crippen molar-refractivity contribution < 1.29 is 4.79 Å². The van der Waals surface area contributed by atoms with E-state index in [1.165, 1.54) is 37.7 Å². The standard InChI is InChI=1S/C22H26N2O/c1-16-8-6-7-11-21(16)22(25)24-23-17(2)18-12-14-20(15-13-18)19-9-4-3-5-10-19/h6-8,11-15,19H,3-5,9-10H2,1-2H3,(H,24,25)/b23-17+. The molecule has 1 fully saturated rings. The minimum Gasteiger partial charge on any atom is -0.267 e. The van der Waals surface area contributed by atoms with Gasteiger partial charge < -0.3 is 0 Å². The zero-order valence-electron chi connectivity index (χ0n) is 15.1. The summed E-state index contributed by atoms with van der Waals surface area (Å²) in [5, 5.41) is 4.27. The van der Waals surface area contributed by atoms with Crippen molar-refractivity contribution in [1.29, 1.82) is 0 Å². The third kappa shape index (κ3) is 4.36. The number of nitrogens with zero attached hydrogens (tertiary/aromatic N) is 1. The van der Waals surface area contributed by atoms with Gasteiger partial charge in [0.25, 0.3) is 5.91 Å². The zero-order chi connectivity index (χ0) is 17.6. The molecule has 0 heterocycles. The van der Waals surface area contributed by atoms with Gasteiger partial charge in [0.2, 0.25) is 0 Å². The van der Waals surface area contributed by atoms with Crippen molar-refractivity contribution in [2.75, 3.05) is 0 Å². The van der Waals surface area contributed by atoms with Crippen LogP contribution in [0.5, 0.6) is 0 Å². The van der Waals surface area contributed by atoms with Gasteiger partial charge in [-0.1, -0.05) is 61.7 Å². The molecular formula is C22H26N2O. The molecule has 0 aromatic heterocycles. The van der Waals surface area contributed by atoms with Crippen molar-refractivity contribution >= 4 is 11.6 Å². The molecule has 3 heteroatoms. The SMILES string of the molecule is C/C(=N\NC(=O)c1ccccc1C)c1ccc(C2CCCCC2)cc1. The van der Waals surface area contributed by atoms with E-state index in [0.717, 1.165) is 16.8 Å². The molecule has 0 atom stereocenters. The molecule has 2 aromatic carbocycles. The Hall–Kier alpha value is -2.42. The highest BCUT2D eigenvalue weighted by Gasteiger charge is 2.15. The predicted molar refractivity (Wildman–Crippen MR) is 103 cm³/mol. The Morgan fingerprint density at radius 3 is 2.36 bits per heavy atom. The first kappa shape index (κ1) is 17.4. The number of amides is 1. The summed E-state index contributed by atoms with van der Waals surface area (Å²) >= 11 is 0. The number of aryl methyl sites for hydroxylation is 1. The maximum atomic E-state index is 12.2. The average Bonchev–Trinajstić information content (AvgIpc) is 2.67. The molecule has 3 rings (SSSR count). The summed E-state index contributed by atoms with van der Waals surface area (Å²) in [6, 6.07) is 16.2. The lowest BCUT2D eigenvalue weighted by Crippen LogP contribution is -2.20. The lowest BCUT2D eigenvalue weighted by Gasteiger charge is -2.22. The summed E-state index contributed by atoms with van der Waals surface area (Å²) in [6.45, 7) is 3.85. The van der Waals surface area contributed by atoms with E-state index < -0.39 is 0 Å². The molecule has 25 heavy (non-hydrogen) atoms. The van der Waals surface area contributed by atoms with Crippen molar-refractivity contribution in [3.05, 3.63) is 70.8 Å². The first-order chi connectivity index (χ1) is 12.1. The summed E-state index contributed by atoms with van der Waals surface area (Å²) in [4.78, 5) is 12.2. The van der Waals surface area contributed by atoms with E-state index in [0.29, 0.717) is 11.5 Å². The van der Waals surface area contributed by atoms with E-state index in [2.05, 4.69) is 34.8 Å². The molecule has 0 saturated heterocycles. The summed E-state index contributed by atoms with van der Waals surface area (Å²) < 4.78 is 0.